The average molecular weight is 225 g/mol. The van der Waals surface area contributed by atoms with Gasteiger partial charge in [-0.1, -0.05) is 0 Å². The Morgan fingerprint density at radius 1 is 1.50 bits per heavy atom. The van der Waals surface area contributed by atoms with E-state index in [-0.39, 0.29) is 12.2 Å². The molecule has 5 heteroatoms. The Kier molecular flexibility index (Phi) is 3.37. The highest BCUT2D eigenvalue weighted by molar-refractivity contribution is 5.92. The van der Waals surface area contributed by atoms with Crippen molar-refractivity contribution in [3.05, 3.63) is 23.7 Å². The molecule has 0 aliphatic rings. The SMILES string of the molecule is Cc1coc(C(=O)NC(C)(C)CC(=O)O)c1. The quantitative estimate of drug-likeness (QED) is 0.815. The second-order valence-corrected chi connectivity index (χ2v) is 4.40. The molecular weight excluding hydrogens is 210 g/mol. The van der Waals surface area contributed by atoms with Crippen molar-refractivity contribution in [3.8, 4) is 0 Å². The fourth-order valence-electron chi connectivity index (χ4n) is 1.34. The number of hydrogen-bond acceptors (Lipinski definition) is 3. The summed E-state index contributed by atoms with van der Waals surface area (Å²) in [5.74, 6) is -1.17. The molecule has 1 amide bonds. The molecule has 5 nitrogen and oxygen atoms in total. The van der Waals surface area contributed by atoms with Crippen LogP contribution >= 0.6 is 0 Å². The lowest BCUT2D eigenvalue weighted by molar-refractivity contribution is -0.138. The van der Waals surface area contributed by atoms with E-state index in [1.165, 1.54) is 6.26 Å². The van der Waals surface area contributed by atoms with Crippen LogP contribution in [0.3, 0.4) is 0 Å². The molecule has 0 aliphatic heterocycles. The summed E-state index contributed by atoms with van der Waals surface area (Å²) in [6, 6.07) is 1.60. The minimum absolute atomic E-state index is 0.140. The second-order valence-electron chi connectivity index (χ2n) is 4.40. The molecule has 2 N–H and O–H groups in total. The molecule has 0 atom stereocenters. The van der Waals surface area contributed by atoms with Crippen LogP contribution in [0.4, 0.5) is 0 Å². The van der Waals surface area contributed by atoms with Gasteiger partial charge in [0.05, 0.1) is 12.7 Å². The monoisotopic (exact) mass is 225 g/mol. The maximum atomic E-state index is 11.7. The third-order valence-corrected chi connectivity index (χ3v) is 2.00. The largest absolute Gasteiger partial charge is 0.481 e. The van der Waals surface area contributed by atoms with Crippen molar-refractivity contribution < 1.29 is 19.1 Å². The van der Waals surface area contributed by atoms with Gasteiger partial charge < -0.3 is 14.8 Å². The smallest absolute Gasteiger partial charge is 0.305 e. The van der Waals surface area contributed by atoms with E-state index in [1.807, 2.05) is 6.92 Å². The minimum atomic E-state index is -0.957. The molecule has 0 unspecified atom stereocenters. The molecule has 0 radical (unpaired) electrons. The van der Waals surface area contributed by atoms with Crippen molar-refractivity contribution in [1.82, 2.24) is 5.32 Å². The van der Waals surface area contributed by atoms with Gasteiger partial charge in [0.15, 0.2) is 5.76 Å². The van der Waals surface area contributed by atoms with Gasteiger partial charge in [-0.15, -0.1) is 0 Å². The zero-order valence-electron chi connectivity index (χ0n) is 9.53. The Morgan fingerprint density at radius 2 is 2.12 bits per heavy atom. The van der Waals surface area contributed by atoms with E-state index in [1.54, 1.807) is 19.9 Å². The summed E-state index contributed by atoms with van der Waals surface area (Å²) in [5, 5.41) is 11.3. The van der Waals surface area contributed by atoms with Crippen molar-refractivity contribution in [1.29, 1.82) is 0 Å². The second kappa shape index (κ2) is 4.38. The number of hydrogen-bond donors (Lipinski definition) is 2. The molecule has 0 aromatic carbocycles. The van der Waals surface area contributed by atoms with Crippen LogP contribution in [-0.2, 0) is 4.79 Å². The summed E-state index contributed by atoms with van der Waals surface area (Å²) < 4.78 is 5.02. The van der Waals surface area contributed by atoms with Crippen molar-refractivity contribution in [2.24, 2.45) is 0 Å². The molecule has 0 saturated heterocycles. The van der Waals surface area contributed by atoms with Crippen LogP contribution in [0.2, 0.25) is 0 Å². The first kappa shape index (κ1) is 12.3. The molecule has 0 bridgehead atoms. The molecule has 0 saturated carbocycles. The molecule has 0 spiro atoms. The molecule has 1 rings (SSSR count). The third-order valence-electron chi connectivity index (χ3n) is 2.00. The molecule has 1 heterocycles. The van der Waals surface area contributed by atoms with E-state index in [9.17, 15) is 9.59 Å². The van der Waals surface area contributed by atoms with Gasteiger partial charge in [-0.2, -0.15) is 0 Å². The highest BCUT2D eigenvalue weighted by Crippen LogP contribution is 2.12. The Morgan fingerprint density at radius 3 is 2.56 bits per heavy atom. The summed E-state index contributed by atoms with van der Waals surface area (Å²) in [6.07, 6.45) is 1.33. The number of aliphatic carboxylic acids is 1. The van der Waals surface area contributed by atoms with E-state index in [0.29, 0.717) is 0 Å². The van der Waals surface area contributed by atoms with Gasteiger partial charge in [0, 0.05) is 5.54 Å². The van der Waals surface area contributed by atoms with E-state index in [4.69, 9.17) is 9.52 Å². The standard InChI is InChI=1S/C11H15NO4/c1-7-4-8(16-6-7)10(15)12-11(2,3)5-9(13)14/h4,6H,5H2,1-3H3,(H,12,15)(H,13,14). The van der Waals surface area contributed by atoms with Crippen LogP contribution < -0.4 is 5.32 Å². The van der Waals surface area contributed by atoms with Crippen LogP contribution in [-0.4, -0.2) is 22.5 Å². The molecular formula is C11H15NO4. The maximum absolute atomic E-state index is 11.7. The third kappa shape index (κ3) is 3.42. The van der Waals surface area contributed by atoms with Gasteiger partial charge in [0.2, 0.25) is 0 Å². The van der Waals surface area contributed by atoms with Crippen LogP contribution in [0.15, 0.2) is 16.7 Å². The first-order chi connectivity index (χ1) is 7.30. The maximum Gasteiger partial charge on any atom is 0.305 e. The zero-order valence-corrected chi connectivity index (χ0v) is 9.53. The van der Waals surface area contributed by atoms with Gasteiger partial charge in [0.1, 0.15) is 0 Å². The van der Waals surface area contributed by atoms with Crippen molar-refractivity contribution in [3.63, 3.8) is 0 Å². The van der Waals surface area contributed by atoms with Crippen molar-refractivity contribution in [2.45, 2.75) is 32.7 Å². The fourth-order valence-corrected chi connectivity index (χ4v) is 1.34. The Hall–Kier alpha value is -1.78. The summed E-state index contributed by atoms with van der Waals surface area (Å²) in [7, 11) is 0. The average Bonchev–Trinajstić information content (AvgIpc) is 2.47. The van der Waals surface area contributed by atoms with Crippen LogP contribution in [0.5, 0.6) is 0 Å². The molecule has 0 aliphatic carbocycles. The topological polar surface area (TPSA) is 79.5 Å². The lowest BCUT2D eigenvalue weighted by Gasteiger charge is -2.23. The molecule has 88 valence electrons. The van der Waals surface area contributed by atoms with Gasteiger partial charge in [-0.05, 0) is 32.4 Å². The predicted molar refractivity (Wildman–Crippen MR) is 57.2 cm³/mol. The number of carbonyl (C=O) groups is 2. The molecule has 16 heavy (non-hydrogen) atoms. The fraction of sp³-hybridized carbons (Fsp3) is 0.455. The Labute approximate surface area is 93.4 Å². The summed E-state index contributed by atoms with van der Waals surface area (Å²) in [4.78, 5) is 22.2. The number of carboxylic acid groups (broad SMARTS) is 1. The number of rotatable bonds is 4. The first-order valence-corrected chi connectivity index (χ1v) is 4.89. The summed E-state index contributed by atoms with van der Waals surface area (Å²) >= 11 is 0. The first-order valence-electron chi connectivity index (χ1n) is 4.89. The highest BCUT2D eigenvalue weighted by atomic mass is 16.4. The van der Waals surface area contributed by atoms with Gasteiger partial charge in [-0.25, -0.2) is 0 Å². The number of amides is 1. The highest BCUT2D eigenvalue weighted by Gasteiger charge is 2.25. The summed E-state index contributed by atoms with van der Waals surface area (Å²) in [5.41, 5.74) is 0.0464. The number of carboxylic acids is 1. The van der Waals surface area contributed by atoms with Crippen LogP contribution in [0.25, 0.3) is 0 Å². The zero-order chi connectivity index (χ0) is 12.3. The predicted octanol–water partition coefficient (Wildman–Crippen LogP) is 1.57. The van der Waals surface area contributed by atoms with Crippen LogP contribution in [0, 0.1) is 6.92 Å². The van der Waals surface area contributed by atoms with Crippen LogP contribution in [0.1, 0.15) is 36.4 Å². The summed E-state index contributed by atoms with van der Waals surface area (Å²) in [6.45, 7) is 5.10. The van der Waals surface area contributed by atoms with E-state index < -0.39 is 17.4 Å². The number of nitrogens with one attached hydrogen (secondary N) is 1. The van der Waals surface area contributed by atoms with Crippen molar-refractivity contribution in [2.75, 3.05) is 0 Å². The number of furan rings is 1. The Bertz CT molecular complexity index is 406. The van der Waals surface area contributed by atoms with Crippen molar-refractivity contribution >= 4 is 11.9 Å². The van der Waals surface area contributed by atoms with E-state index in [0.717, 1.165) is 5.56 Å². The van der Waals surface area contributed by atoms with Gasteiger partial charge in [0.25, 0.3) is 5.91 Å². The lowest BCUT2D eigenvalue weighted by Crippen LogP contribution is -2.44. The van der Waals surface area contributed by atoms with Gasteiger partial charge >= 0.3 is 5.97 Å². The molecule has 1 aromatic heterocycles. The van der Waals surface area contributed by atoms with E-state index >= 15 is 0 Å². The lowest BCUT2D eigenvalue weighted by atomic mass is 10.0. The van der Waals surface area contributed by atoms with E-state index in [2.05, 4.69) is 5.32 Å². The minimum Gasteiger partial charge on any atom is -0.481 e. The number of carbonyl (C=O) groups excluding carboxylic acids is 1. The molecule has 0 fully saturated rings. The molecule has 1 aromatic rings. The normalized spacial score (nSPS) is 11.2. The van der Waals surface area contributed by atoms with Gasteiger partial charge in [-0.3, -0.25) is 9.59 Å². The Balaban J connectivity index is 2.67. The number of aryl methyl sites for hydroxylation is 1.